The number of hydrogen-bond donors (Lipinski definition) is 2. The van der Waals surface area contributed by atoms with E-state index in [1.807, 2.05) is 31.2 Å². The first kappa shape index (κ1) is 11.3. The molecule has 0 fully saturated rings. The first-order valence-corrected chi connectivity index (χ1v) is 7.17. The zero-order valence-electron chi connectivity index (χ0n) is 9.73. The van der Waals surface area contributed by atoms with Gasteiger partial charge in [-0.1, -0.05) is 0 Å². The summed E-state index contributed by atoms with van der Waals surface area (Å²) in [4.78, 5) is 15.9. The molecule has 2 heterocycles. The molecule has 0 unspecified atom stereocenters. The molecule has 1 amide bonds. The molecule has 18 heavy (non-hydrogen) atoms. The number of hydrogen-bond acceptors (Lipinski definition) is 3. The van der Waals surface area contributed by atoms with Crippen molar-refractivity contribution in [1.82, 2.24) is 4.98 Å². The Morgan fingerprint density at radius 2 is 2.11 bits per heavy atom. The third-order valence-corrected chi connectivity index (χ3v) is 5.27. The Labute approximate surface area is 109 Å². The van der Waals surface area contributed by atoms with E-state index in [1.165, 1.54) is 0 Å². The molecule has 4 nitrogen and oxygen atoms in total. The summed E-state index contributed by atoms with van der Waals surface area (Å²) in [5, 5.41) is 1.89. The van der Waals surface area contributed by atoms with Gasteiger partial charge in [0.1, 0.15) is 0 Å². The van der Waals surface area contributed by atoms with E-state index in [1.54, 1.807) is 0 Å². The quantitative estimate of drug-likeness (QED) is 0.667. The second-order valence-corrected chi connectivity index (χ2v) is 6.34. The topological polar surface area (TPSA) is 82.0 Å². The summed E-state index contributed by atoms with van der Waals surface area (Å²) in [6, 6.07) is 8.07. The molecular weight excluding hydrogens is 293 g/mol. The molecule has 0 atom stereocenters. The van der Waals surface area contributed by atoms with Gasteiger partial charge in [-0.3, -0.25) is 0 Å². The number of amides is 1. The molecule has 0 bridgehead atoms. The number of anilines is 1. The molecule has 0 saturated carbocycles. The van der Waals surface area contributed by atoms with E-state index >= 15 is 0 Å². The van der Waals surface area contributed by atoms with Crippen LogP contribution in [0.3, 0.4) is 0 Å². The van der Waals surface area contributed by atoms with Crippen LogP contribution in [0, 0.1) is 6.92 Å². The van der Waals surface area contributed by atoms with E-state index in [0.717, 1.165) is 26.2 Å². The fraction of sp³-hybridized carbons (Fsp3) is 0.0769. The SMILES string of the molecule is Cc1ccc2cc3c(N)c(C(N)=O)[se]c3nc2c1. The summed E-state index contributed by atoms with van der Waals surface area (Å²) in [5.41, 5.74) is 13.9. The monoisotopic (exact) mass is 305 g/mol. The van der Waals surface area contributed by atoms with Gasteiger partial charge >= 0.3 is 109 Å². The van der Waals surface area contributed by atoms with Crippen molar-refractivity contribution in [2.75, 3.05) is 5.73 Å². The molecule has 0 aliphatic carbocycles. The maximum absolute atomic E-state index is 11.3. The maximum atomic E-state index is 11.3. The molecule has 0 aliphatic heterocycles. The number of nitrogens with zero attached hydrogens (tertiary/aromatic N) is 1. The molecule has 1 aromatic carbocycles. The Morgan fingerprint density at radius 1 is 1.33 bits per heavy atom. The summed E-state index contributed by atoms with van der Waals surface area (Å²) in [7, 11) is 0. The first-order valence-electron chi connectivity index (χ1n) is 5.45. The number of benzene rings is 1. The number of carbonyl (C=O) groups excluding carboxylic acids is 1. The first-order chi connectivity index (χ1) is 8.56. The fourth-order valence-electron chi connectivity index (χ4n) is 1.99. The third kappa shape index (κ3) is 1.60. The predicted octanol–water partition coefficient (Wildman–Crippen LogP) is 1.43. The van der Waals surface area contributed by atoms with Gasteiger partial charge in [0.15, 0.2) is 0 Å². The Morgan fingerprint density at radius 3 is 2.83 bits per heavy atom. The second-order valence-electron chi connectivity index (χ2n) is 4.25. The van der Waals surface area contributed by atoms with Crippen LogP contribution in [0.2, 0.25) is 0 Å². The van der Waals surface area contributed by atoms with Gasteiger partial charge in [0.2, 0.25) is 0 Å². The zero-order valence-corrected chi connectivity index (χ0v) is 11.4. The van der Waals surface area contributed by atoms with Gasteiger partial charge in [-0.15, -0.1) is 0 Å². The molecule has 3 rings (SSSR count). The van der Waals surface area contributed by atoms with Crippen LogP contribution in [0.25, 0.3) is 20.7 Å². The standard InChI is InChI=1S/C13H11N3OSe/c1-6-2-3-7-5-8-10(14)11(12(15)17)18-13(8)16-9(7)4-6/h2-5H,14H2,1H3,(H2,15,17). The van der Waals surface area contributed by atoms with Gasteiger partial charge in [-0.05, 0) is 0 Å². The number of rotatable bonds is 1. The van der Waals surface area contributed by atoms with Gasteiger partial charge in [-0.2, -0.15) is 0 Å². The summed E-state index contributed by atoms with van der Waals surface area (Å²) in [6.07, 6.45) is 0. The van der Waals surface area contributed by atoms with Crippen LogP contribution in [-0.2, 0) is 0 Å². The normalized spacial score (nSPS) is 11.2. The van der Waals surface area contributed by atoms with Gasteiger partial charge in [0, 0.05) is 0 Å². The van der Waals surface area contributed by atoms with Crippen LogP contribution in [0.5, 0.6) is 0 Å². The van der Waals surface area contributed by atoms with Crippen LogP contribution in [-0.4, -0.2) is 25.4 Å². The molecule has 2 aromatic heterocycles. The fourth-order valence-corrected chi connectivity index (χ4v) is 3.95. The molecule has 0 radical (unpaired) electrons. The average molecular weight is 304 g/mol. The van der Waals surface area contributed by atoms with E-state index in [4.69, 9.17) is 11.5 Å². The number of aromatic nitrogens is 1. The van der Waals surface area contributed by atoms with Crippen molar-refractivity contribution < 1.29 is 4.79 Å². The van der Waals surface area contributed by atoms with Crippen molar-refractivity contribution in [1.29, 1.82) is 0 Å². The van der Waals surface area contributed by atoms with Gasteiger partial charge in [0.25, 0.3) is 0 Å². The van der Waals surface area contributed by atoms with Crippen molar-refractivity contribution in [2.24, 2.45) is 5.73 Å². The number of primary amides is 1. The van der Waals surface area contributed by atoms with Crippen LogP contribution >= 0.6 is 0 Å². The summed E-state index contributed by atoms with van der Waals surface area (Å²) in [6.45, 7) is 2.03. The Balaban J connectivity index is 2.42. The molecule has 5 heteroatoms. The summed E-state index contributed by atoms with van der Waals surface area (Å²) < 4.78 is 1.42. The summed E-state index contributed by atoms with van der Waals surface area (Å²) in [5.74, 6) is -0.439. The van der Waals surface area contributed by atoms with Crippen molar-refractivity contribution in [3.63, 3.8) is 0 Å². The molecular formula is C13H11N3OSe. The number of aryl methyl sites for hydroxylation is 1. The minimum atomic E-state index is -0.439. The van der Waals surface area contributed by atoms with E-state index in [0.29, 0.717) is 10.1 Å². The predicted molar refractivity (Wildman–Crippen MR) is 73.9 cm³/mol. The Kier molecular flexibility index (Phi) is 2.40. The van der Waals surface area contributed by atoms with Crippen LogP contribution in [0.15, 0.2) is 24.3 Å². The number of nitrogen functional groups attached to an aromatic ring is 1. The van der Waals surface area contributed by atoms with E-state index in [2.05, 4.69) is 4.98 Å². The van der Waals surface area contributed by atoms with Crippen LogP contribution < -0.4 is 11.5 Å². The molecule has 90 valence electrons. The van der Waals surface area contributed by atoms with Gasteiger partial charge < -0.3 is 0 Å². The summed E-state index contributed by atoms with van der Waals surface area (Å²) >= 11 is -0.177. The number of fused-ring (bicyclic) bond motifs is 2. The van der Waals surface area contributed by atoms with Crippen LogP contribution in [0.4, 0.5) is 5.69 Å². The second kappa shape index (κ2) is 3.83. The Bertz CT molecular complexity index is 792. The molecule has 0 saturated heterocycles. The van der Waals surface area contributed by atoms with E-state index in [9.17, 15) is 4.79 Å². The van der Waals surface area contributed by atoms with Crippen molar-refractivity contribution in [3.8, 4) is 0 Å². The zero-order chi connectivity index (χ0) is 12.9. The number of pyridine rings is 1. The Hall–Kier alpha value is -1.84. The number of carbonyl (C=O) groups is 1. The van der Waals surface area contributed by atoms with Crippen molar-refractivity contribution in [3.05, 3.63) is 34.3 Å². The van der Waals surface area contributed by atoms with Gasteiger partial charge in [0.05, 0.1) is 0 Å². The average Bonchev–Trinajstić information content (AvgIpc) is 2.64. The third-order valence-electron chi connectivity index (χ3n) is 2.90. The molecule has 3 aromatic rings. The van der Waals surface area contributed by atoms with Crippen LogP contribution in [0.1, 0.15) is 14.8 Å². The van der Waals surface area contributed by atoms with E-state index < -0.39 is 5.91 Å². The number of nitrogens with two attached hydrogens (primary N) is 2. The van der Waals surface area contributed by atoms with Crippen molar-refractivity contribution in [2.45, 2.75) is 6.92 Å². The van der Waals surface area contributed by atoms with E-state index in [-0.39, 0.29) is 14.5 Å². The van der Waals surface area contributed by atoms with Gasteiger partial charge in [-0.25, -0.2) is 0 Å². The molecule has 4 N–H and O–H groups in total. The molecule has 0 aliphatic rings. The van der Waals surface area contributed by atoms with Crippen molar-refractivity contribution >= 4 is 46.8 Å². The molecule has 0 spiro atoms. The minimum absolute atomic E-state index is 0.177.